The van der Waals surface area contributed by atoms with Gasteiger partial charge in [0.1, 0.15) is 5.75 Å². The molecule has 0 aromatic carbocycles. The van der Waals surface area contributed by atoms with Gasteiger partial charge in [-0.15, -0.1) is 0 Å². The predicted octanol–water partition coefficient (Wildman–Crippen LogP) is 3.99. The van der Waals surface area contributed by atoms with E-state index in [9.17, 15) is 9.59 Å². The third kappa shape index (κ3) is 4.09. The molecule has 4 heterocycles. The van der Waals surface area contributed by atoms with Crippen LogP contribution in [0.4, 0.5) is 0 Å². The number of Topliss-reactive ketones (excluding diaryl/α,β-unsaturated/α-hetero) is 1. The Labute approximate surface area is 187 Å². The molecule has 3 aromatic rings. The molecule has 3 aromatic heterocycles. The van der Waals surface area contributed by atoms with Crippen LogP contribution < -0.4 is 10.3 Å². The number of fused-ring (bicyclic) bond motifs is 1. The number of hydrogen-bond donors (Lipinski definition) is 1. The quantitative estimate of drug-likeness (QED) is 0.565. The molecule has 1 unspecified atom stereocenters. The molecule has 1 aliphatic heterocycles. The largest absolute Gasteiger partial charge is 0.496 e. The topological polar surface area (TPSA) is 85.7 Å². The number of methoxy groups -OCH3 is 1. The standard InChI is InChI=1S/C25H31N3O4/c1-15-14-22(31-4)19(25(30)27-15)7-8-21(29)23-17(3)24(28-20(23)6-5-11-26-28)16(2)18-9-12-32-13-10-18/h5-6,11,14,16,18H,7-10,12-13H2,1-4H3,(H,27,30). The van der Waals surface area contributed by atoms with E-state index in [1.54, 1.807) is 19.4 Å². The van der Waals surface area contributed by atoms with Gasteiger partial charge in [0.25, 0.3) is 5.56 Å². The van der Waals surface area contributed by atoms with Crippen LogP contribution in [-0.2, 0) is 11.2 Å². The lowest BCUT2D eigenvalue weighted by Crippen LogP contribution is -2.22. The molecular weight excluding hydrogens is 406 g/mol. The number of nitrogens with zero attached hydrogens (tertiary/aromatic N) is 2. The molecule has 0 bridgehead atoms. The van der Waals surface area contributed by atoms with E-state index in [0.717, 1.165) is 48.5 Å². The molecule has 1 atom stereocenters. The monoisotopic (exact) mass is 437 g/mol. The van der Waals surface area contributed by atoms with Crippen LogP contribution in [-0.4, -0.2) is 40.7 Å². The highest BCUT2D eigenvalue weighted by Crippen LogP contribution is 2.36. The second-order valence-corrected chi connectivity index (χ2v) is 8.70. The van der Waals surface area contributed by atoms with Crippen LogP contribution in [0.1, 0.15) is 65.0 Å². The Bertz CT molecular complexity index is 1190. The minimum absolute atomic E-state index is 0.0143. The fourth-order valence-electron chi connectivity index (χ4n) is 5.03. The van der Waals surface area contributed by atoms with Gasteiger partial charge < -0.3 is 14.5 Å². The lowest BCUT2D eigenvalue weighted by Gasteiger charge is -2.28. The Morgan fingerprint density at radius 1 is 1.34 bits per heavy atom. The molecule has 1 saturated heterocycles. The number of rotatable bonds is 7. The lowest BCUT2D eigenvalue weighted by molar-refractivity contribution is 0.0590. The van der Waals surface area contributed by atoms with E-state index in [1.807, 2.05) is 30.5 Å². The van der Waals surface area contributed by atoms with Crippen molar-refractivity contribution in [3.63, 3.8) is 0 Å². The summed E-state index contributed by atoms with van der Waals surface area (Å²) >= 11 is 0. The van der Waals surface area contributed by atoms with Crippen LogP contribution in [0.25, 0.3) is 5.52 Å². The SMILES string of the molecule is COc1cc(C)[nH]c(=O)c1CCC(=O)c1c(C)c(C(C)C2CCOCC2)n2ncccc12. The van der Waals surface area contributed by atoms with Gasteiger partial charge in [0.2, 0.25) is 0 Å². The molecule has 7 nitrogen and oxygen atoms in total. The molecule has 1 fully saturated rings. The maximum atomic E-state index is 13.4. The third-order valence-electron chi connectivity index (χ3n) is 6.73. The number of nitrogens with one attached hydrogen (secondary N) is 1. The van der Waals surface area contributed by atoms with E-state index in [2.05, 4.69) is 17.0 Å². The Kier molecular flexibility index (Phi) is 6.46. The zero-order valence-electron chi connectivity index (χ0n) is 19.2. The van der Waals surface area contributed by atoms with Gasteiger partial charge in [0, 0.05) is 48.7 Å². The van der Waals surface area contributed by atoms with Gasteiger partial charge in [-0.25, -0.2) is 4.52 Å². The van der Waals surface area contributed by atoms with Crippen molar-refractivity contribution >= 4 is 11.3 Å². The molecule has 0 aliphatic carbocycles. The number of H-pyrrole nitrogens is 1. The van der Waals surface area contributed by atoms with Crippen molar-refractivity contribution in [3.05, 3.63) is 62.8 Å². The van der Waals surface area contributed by atoms with E-state index in [1.165, 1.54) is 0 Å². The van der Waals surface area contributed by atoms with Gasteiger partial charge in [0.15, 0.2) is 5.78 Å². The number of ether oxygens (including phenoxy) is 2. The maximum Gasteiger partial charge on any atom is 0.255 e. The highest BCUT2D eigenvalue weighted by Gasteiger charge is 2.29. The summed E-state index contributed by atoms with van der Waals surface area (Å²) in [5.41, 5.74) is 4.64. The van der Waals surface area contributed by atoms with E-state index in [-0.39, 0.29) is 23.7 Å². The Morgan fingerprint density at radius 3 is 2.81 bits per heavy atom. The second kappa shape index (κ2) is 9.28. The molecule has 1 aliphatic rings. The van der Waals surface area contributed by atoms with E-state index < -0.39 is 0 Å². The zero-order valence-corrected chi connectivity index (χ0v) is 19.2. The second-order valence-electron chi connectivity index (χ2n) is 8.70. The van der Waals surface area contributed by atoms with E-state index in [0.29, 0.717) is 29.2 Å². The summed E-state index contributed by atoms with van der Waals surface area (Å²) in [6, 6.07) is 5.60. The van der Waals surface area contributed by atoms with Crippen molar-refractivity contribution in [1.29, 1.82) is 0 Å². The fraction of sp³-hybridized carbons (Fsp3) is 0.480. The highest BCUT2D eigenvalue weighted by atomic mass is 16.5. The first-order chi connectivity index (χ1) is 15.4. The number of carbonyl (C=O) groups is 1. The number of aryl methyl sites for hydroxylation is 1. The average Bonchev–Trinajstić information content (AvgIpc) is 3.09. The molecule has 0 radical (unpaired) electrons. The van der Waals surface area contributed by atoms with Crippen LogP contribution in [0.2, 0.25) is 0 Å². The minimum atomic E-state index is -0.205. The molecule has 32 heavy (non-hydrogen) atoms. The van der Waals surface area contributed by atoms with Gasteiger partial charge in [-0.05, 0) is 62.8 Å². The van der Waals surface area contributed by atoms with Gasteiger partial charge >= 0.3 is 0 Å². The minimum Gasteiger partial charge on any atom is -0.496 e. The van der Waals surface area contributed by atoms with Gasteiger partial charge in [-0.3, -0.25) is 9.59 Å². The molecule has 4 rings (SSSR count). The lowest BCUT2D eigenvalue weighted by atomic mass is 9.83. The molecule has 170 valence electrons. The first kappa shape index (κ1) is 22.3. The molecule has 0 spiro atoms. The average molecular weight is 438 g/mol. The Hall–Kier alpha value is -2.93. The van der Waals surface area contributed by atoms with Crippen molar-refractivity contribution < 1.29 is 14.3 Å². The summed E-state index contributed by atoms with van der Waals surface area (Å²) in [5, 5.41) is 4.59. The van der Waals surface area contributed by atoms with E-state index >= 15 is 0 Å². The third-order valence-corrected chi connectivity index (χ3v) is 6.73. The summed E-state index contributed by atoms with van der Waals surface area (Å²) in [7, 11) is 1.54. The summed E-state index contributed by atoms with van der Waals surface area (Å²) in [6.07, 6.45) is 4.33. The molecular formula is C25H31N3O4. The number of pyridine rings is 1. The molecule has 7 heteroatoms. The van der Waals surface area contributed by atoms with Crippen molar-refractivity contribution in [2.24, 2.45) is 5.92 Å². The van der Waals surface area contributed by atoms with Crippen molar-refractivity contribution in [2.75, 3.05) is 20.3 Å². The Morgan fingerprint density at radius 2 is 2.09 bits per heavy atom. The van der Waals surface area contributed by atoms with E-state index in [4.69, 9.17) is 9.47 Å². The van der Waals surface area contributed by atoms with Crippen LogP contribution in [0.15, 0.2) is 29.2 Å². The van der Waals surface area contributed by atoms with Gasteiger partial charge in [-0.2, -0.15) is 5.10 Å². The molecule has 0 amide bonds. The van der Waals surface area contributed by atoms with Gasteiger partial charge in [-0.1, -0.05) is 6.92 Å². The number of aromatic amines is 1. The highest BCUT2D eigenvalue weighted by molar-refractivity contribution is 6.04. The predicted molar refractivity (Wildman–Crippen MR) is 123 cm³/mol. The maximum absolute atomic E-state index is 13.4. The smallest absolute Gasteiger partial charge is 0.255 e. The summed E-state index contributed by atoms with van der Waals surface area (Å²) in [5.74, 6) is 1.30. The number of hydrogen-bond acceptors (Lipinski definition) is 5. The summed E-state index contributed by atoms with van der Waals surface area (Å²) < 4.78 is 12.9. The Balaban J connectivity index is 1.67. The first-order valence-corrected chi connectivity index (χ1v) is 11.3. The number of ketones is 1. The normalized spacial score (nSPS) is 15.8. The molecule has 1 N–H and O–H groups in total. The van der Waals surface area contributed by atoms with Crippen molar-refractivity contribution in [1.82, 2.24) is 14.6 Å². The molecule has 0 saturated carbocycles. The summed E-state index contributed by atoms with van der Waals surface area (Å²) in [6.45, 7) is 7.62. The fourth-order valence-corrected chi connectivity index (χ4v) is 5.03. The summed E-state index contributed by atoms with van der Waals surface area (Å²) in [4.78, 5) is 28.7. The first-order valence-electron chi connectivity index (χ1n) is 11.3. The van der Waals surface area contributed by atoms with Crippen molar-refractivity contribution in [2.45, 2.75) is 52.4 Å². The van der Waals surface area contributed by atoms with Gasteiger partial charge in [0.05, 0.1) is 18.2 Å². The van der Waals surface area contributed by atoms with Crippen molar-refractivity contribution in [3.8, 4) is 5.75 Å². The van der Waals surface area contributed by atoms with Crippen LogP contribution in [0, 0.1) is 19.8 Å². The zero-order chi connectivity index (χ0) is 22.8. The van der Waals surface area contributed by atoms with Crippen LogP contribution >= 0.6 is 0 Å². The number of aromatic nitrogens is 3. The van der Waals surface area contributed by atoms with Crippen LogP contribution in [0.5, 0.6) is 5.75 Å². The number of carbonyl (C=O) groups excluding carboxylic acids is 1. The van der Waals surface area contributed by atoms with Crippen LogP contribution in [0.3, 0.4) is 0 Å².